The van der Waals surface area contributed by atoms with E-state index in [-0.39, 0.29) is 5.60 Å². The van der Waals surface area contributed by atoms with Gasteiger partial charge in [0.2, 0.25) is 5.95 Å². The zero-order valence-corrected chi connectivity index (χ0v) is 17.3. The summed E-state index contributed by atoms with van der Waals surface area (Å²) < 4.78 is 50.9. The molecule has 2 aliphatic heterocycles. The van der Waals surface area contributed by atoms with Crippen molar-refractivity contribution in [1.29, 1.82) is 0 Å². The Morgan fingerprint density at radius 3 is 2.42 bits per heavy atom. The van der Waals surface area contributed by atoms with Gasteiger partial charge in [0, 0.05) is 26.2 Å². The monoisotopic (exact) mass is 462 g/mol. The van der Waals surface area contributed by atoms with Crippen molar-refractivity contribution < 1.29 is 32.2 Å². The molecule has 0 amide bonds. The van der Waals surface area contributed by atoms with Crippen LogP contribution in [0, 0.1) is 5.82 Å². The molecule has 4 heterocycles. The number of rotatable bonds is 3. The number of anilines is 1. The van der Waals surface area contributed by atoms with E-state index >= 15 is 0 Å². The molecular weight excluding hydrogens is 440 g/mol. The number of nitrogens with zero attached hydrogens (tertiary/aromatic N) is 4. The number of aliphatic carboxylic acids is 1. The molecule has 7 nitrogen and oxygen atoms in total. The smallest absolute Gasteiger partial charge is 0.475 e. The molecule has 2 aliphatic rings. The number of alkyl halides is 3. The minimum Gasteiger partial charge on any atom is -0.475 e. The number of carbonyl (C=O) groups is 1. The van der Waals surface area contributed by atoms with E-state index in [9.17, 15) is 17.6 Å². The molecule has 0 atom stereocenters. The lowest BCUT2D eigenvalue weighted by atomic mass is 9.89. The van der Waals surface area contributed by atoms with Crippen LogP contribution in [-0.2, 0) is 16.1 Å². The Bertz CT molecular complexity index is 841. The van der Waals surface area contributed by atoms with Crippen LogP contribution in [0.25, 0.3) is 0 Å². The van der Waals surface area contributed by atoms with Crippen molar-refractivity contribution in [2.45, 2.75) is 31.2 Å². The number of carboxylic acids is 1. The second-order valence-corrected chi connectivity index (χ2v) is 8.15. The summed E-state index contributed by atoms with van der Waals surface area (Å²) >= 11 is 1.75. The van der Waals surface area contributed by atoms with Crippen LogP contribution in [0.5, 0.6) is 0 Å². The third kappa shape index (κ3) is 6.58. The first-order valence-electron chi connectivity index (χ1n) is 9.57. The molecular formula is C19H22F4N4O3S. The van der Waals surface area contributed by atoms with Crippen LogP contribution in [0.4, 0.5) is 23.5 Å². The van der Waals surface area contributed by atoms with Gasteiger partial charge in [0.15, 0.2) is 5.82 Å². The highest BCUT2D eigenvalue weighted by Crippen LogP contribution is 2.32. The Morgan fingerprint density at radius 1 is 1.23 bits per heavy atom. The lowest BCUT2D eigenvalue weighted by Crippen LogP contribution is -2.57. The number of ether oxygens (including phenoxy) is 1. The van der Waals surface area contributed by atoms with Crippen LogP contribution in [0.3, 0.4) is 0 Å². The fraction of sp³-hybridized carbons (Fsp3) is 0.526. The van der Waals surface area contributed by atoms with Crippen LogP contribution in [-0.4, -0.2) is 70.5 Å². The predicted octanol–water partition coefficient (Wildman–Crippen LogP) is 3.18. The molecule has 0 aromatic carbocycles. The van der Waals surface area contributed by atoms with E-state index in [1.807, 2.05) is 0 Å². The molecule has 31 heavy (non-hydrogen) atoms. The molecule has 170 valence electrons. The van der Waals surface area contributed by atoms with E-state index < -0.39 is 18.0 Å². The van der Waals surface area contributed by atoms with Crippen LogP contribution < -0.4 is 4.90 Å². The van der Waals surface area contributed by atoms with Gasteiger partial charge in [0.05, 0.1) is 31.1 Å². The topological polar surface area (TPSA) is 78.8 Å². The average molecular weight is 462 g/mol. The number of likely N-dealkylation sites (tertiary alicyclic amines) is 1. The van der Waals surface area contributed by atoms with Gasteiger partial charge in [-0.15, -0.1) is 0 Å². The first-order valence-corrected chi connectivity index (χ1v) is 10.5. The molecule has 0 radical (unpaired) electrons. The number of morpholine rings is 1. The number of carboxylic acid groups (broad SMARTS) is 1. The van der Waals surface area contributed by atoms with E-state index in [2.05, 4.69) is 36.6 Å². The lowest BCUT2D eigenvalue weighted by molar-refractivity contribution is -0.192. The molecule has 1 N–H and O–H groups in total. The molecule has 2 aromatic heterocycles. The largest absolute Gasteiger partial charge is 0.490 e. The first kappa shape index (κ1) is 23.4. The zero-order valence-electron chi connectivity index (χ0n) is 16.5. The quantitative estimate of drug-likeness (QED) is 0.702. The molecule has 2 saturated heterocycles. The summed E-state index contributed by atoms with van der Waals surface area (Å²) in [6, 6.07) is 2.19. The van der Waals surface area contributed by atoms with Gasteiger partial charge in [0.25, 0.3) is 0 Å². The summed E-state index contributed by atoms with van der Waals surface area (Å²) in [5.41, 5.74) is 1.27. The van der Waals surface area contributed by atoms with Crippen molar-refractivity contribution in [1.82, 2.24) is 14.9 Å². The molecule has 0 aliphatic carbocycles. The lowest BCUT2D eigenvalue weighted by Gasteiger charge is -2.47. The minimum absolute atomic E-state index is 0.124. The maximum absolute atomic E-state index is 13.0. The molecule has 0 unspecified atom stereocenters. The van der Waals surface area contributed by atoms with Crippen LogP contribution in [0.15, 0.2) is 29.2 Å². The van der Waals surface area contributed by atoms with E-state index in [0.717, 1.165) is 45.6 Å². The van der Waals surface area contributed by atoms with Gasteiger partial charge in [-0.2, -0.15) is 24.5 Å². The van der Waals surface area contributed by atoms with Gasteiger partial charge in [-0.1, -0.05) is 0 Å². The Balaban J connectivity index is 0.000000339. The van der Waals surface area contributed by atoms with E-state index in [0.29, 0.717) is 12.6 Å². The van der Waals surface area contributed by atoms with Crippen LogP contribution in [0.2, 0.25) is 0 Å². The summed E-state index contributed by atoms with van der Waals surface area (Å²) in [6.45, 7) is 5.30. The number of aromatic nitrogens is 2. The Labute approximate surface area is 180 Å². The number of halogens is 4. The number of hydrogen-bond donors (Lipinski definition) is 1. The normalized spacial score (nSPS) is 19.0. The van der Waals surface area contributed by atoms with Crippen molar-refractivity contribution in [2.24, 2.45) is 0 Å². The summed E-state index contributed by atoms with van der Waals surface area (Å²) in [6.07, 6.45) is -0.606. The summed E-state index contributed by atoms with van der Waals surface area (Å²) in [5, 5.41) is 11.5. The van der Waals surface area contributed by atoms with E-state index in [1.165, 1.54) is 18.0 Å². The number of piperidine rings is 1. The SMILES string of the molecule is Fc1cnc(N2CCOC3(CCN(Cc4ccsc4)CC3)C2)nc1.O=C(O)C(F)(F)F. The third-order valence-electron chi connectivity index (χ3n) is 5.13. The van der Waals surface area contributed by atoms with Crippen LogP contribution >= 0.6 is 11.3 Å². The van der Waals surface area contributed by atoms with Gasteiger partial charge in [-0.3, -0.25) is 4.90 Å². The van der Waals surface area contributed by atoms with Crippen LogP contribution in [0.1, 0.15) is 18.4 Å². The zero-order chi connectivity index (χ0) is 22.5. The highest BCUT2D eigenvalue weighted by Gasteiger charge is 2.40. The molecule has 1 spiro atoms. The highest BCUT2D eigenvalue weighted by molar-refractivity contribution is 7.07. The van der Waals surface area contributed by atoms with Gasteiger partial charge in [-0.25, -0.2) is 19.2 Å². The summed E-state index contributed by atoms with van der Waals surface area (Å²) in [7, 11) is 0. The molecule has 12 heteroatoms. The number of hydrogen-bond acceptors (Lipinski definition) is 7. The maximum atomic E-state index is 13.0. The fourth-order valence-corrected chi connectivity index (χ4v) is 4.21. The van der Waals surface area contributed by atoms with Gasteiger partial charge in [0.1, 0.15) is 0 Å². The highest BCUT2D eigenvalue weighted by atomic mass is 32.1. The van der Waals surface area contributed by atoms with Crippen molar-refractivity contribution in [2.75, 3.05) is 37.7 Å². The van der Waals surface area contributed by atoms with Crippen molar-refractivity contribution in [3.63, 3.8) is 0 Å². The Morgan fingerprint density at radius 2 is 1.87 bits per heavy atom. The first-order chi connectivity index (χ1) is 14.7. The van der Waals surface area contributed by atoms with Crippen molar-refractivity contribution in [3.05, 3.63) is 40.6 Å². The summed E-state index contributed by atoms with van der Waals surface area (Å²) in [5.74, 6) is -2.56. The van der Waals surface area contributed by atoms with Gasteiger partial charge in [-0.05, 0) is 35.2 Å². The Hall–Kier alpha value is -2.31. The molecule has 0 bridgehead atoms. The Kier molecular flexibility index (Phi) is 7.44. The molecule has 2 aromatic rings. The average Bonchev–Trinajstić information content (AvgIpc) is 3.23. The number of thiophene rings is 1. The van der Waals surface area contributed by atoms with E-state index in [4.69, 9.17) is 14.6 Å². The third-order valence-corrected chi connectivity index (χ3v) is 5.87. The fourth-order valence-electron chi connectivity index (χ4n) is 3.55. The molecule has 2 fully saturated rings. The maximum Gasteiger partial charge on any atom is 0.490 e. The minimum atomic E-state index is -5.08. The molecule has 4 rings (SSSR count). The second kappa shape index (κ2) is 9.88. The van der Waals surface area contributed by atoms with Crippen molar-refractivity contribution >= 4 is 23.3 Å². The van der Waals surface area contributed by atoms with Crippen molar-refractivity contribution in [3.8, 4) is 0 Å². The predicted molar refractivity (Wildman–Crippen MR) is 105 cm³/mol. The summed E-state index contributed by atoms with van der Waals surface area (Å²) in [4.78, 5) is 21.7. The van der Waals surface area contributed by atoms with Gasteiger partial charge < -0.3 is 14.7 Å². The van der Waals surface area contributed by atoms with E-state index in [1.54, 1.807) is 11.3 Å². The molecule has 0 saturated carbocycles. The van der Waals surface area contributed by atoms with Gasteiger partial charge >= 0.3 is 12.1 Å². The second-order valence-electron chi connectivity index (χ2n) is 7.36. The standard InChI is InChI=1S/C17H21FN4OS.C2HF3O2/c18-15-9-19-16(20-10-15)22-6-7-23-17(13-22)2-4-21(5-3-17)11-14-1-8-24-12-14;3-2(4,5)1(6)7/h1,8-10,12H,2-7,11,13H2;(H,6,7).